The van der Waals surface area contributed by atoms with E-state index in [0.29, 0.717) is 0 Å². The molecule has 8 nitrogen and oxygen atoms in total. The van der Waals surface area contributed by atoms with Crippen LogP contribution in [0.4, 0.5) is 0 Å². The van der Waals surface area contributed by atoms with E-state index >= 15 is 0 Å². The quantitative estimate of drug-likeness (QED) is 0.538. The van der Waals surface area contributed by atoms with Crippen LogP contribution in [-0.2, 0) is 16.0 Å². The van der Waals surface area contributed by atoms with Crippen LogP contribution in [0.1, 0.15) is 5.56 Å². The Morgan fingerprint density at radius 3 is 2.33 bits per heavy atom. The number of piperazine rings is 1. The number of benzene rings is 1. The molecule has 8 heteroatoms. The molecule has 150 valence electrons. The molecule has 1 saturated heterocycles. The number of carboxylic acid groups (broad SMARTS) is 2. The monoisotopic (exact) mass is 380 g/mol. The fraction of sp³-hybridized carbons (Fsp3) is 0.474. The molecule has 1 aromatic rings. The van der Waals surface area contributed by atoms with Gasteiger partial charge in [-0.05, 0) is 31.7 Å². The summed E-state index contributed by atoms with van der Waals surface area (Å²) in [7, 11) is 3.85. The van der Waals surface area contributed by atoms with Gasteiger partial charge in [-0.2, -0.15) is 0 Å². The Labute approximate surface area is 159 Å². The fourth-order valence-corrected chi connectivity index (χ4v) is 2.49. The summed E-state index contributed by atoms with van der Waals surface area (Å²) in [5, 5.41) is 14.8. The molecule has 0 saturated carbocycles. The zero-order valence-electron chi connectivity index (χ0n) is 15.9. The second-order valence-corrected chi connectivity index (χ2v) is 6.07. The Bertz CT molecular complexity index is 615. The van der Waals surface area contributed by atoms with Crippen molar-refractivity contribution >= 4 is 11.9 Å². The van der Waals surface area contributed by atoms with Gasteiger partial charge in [-0.1, -0.05) is 6.08 Å². The van der Waals surface area contributed by atoms with Gasteiger partial charge in [-0.3, -0.25) is 4.90 Å². The van der Waals surface area contributed by atoms with Crippen LogP contribution in [0.2, 0.25) is 0 Å². The lowest BCUT2D eigenvalue weighted by Gasteiger charge is -2.32. The Morgan fingerprint density at radius 2 is 1.81 bits per heavy atom. The molecule has 2 rings (SSSR count). The van der Waals surface area contributed by atoms with Gasteiger partial charge in [0.1, 0.15) is 18.1 Å². The molecule has 1 aliphatic heterocycles. The van der Waals surface area contributed by atoms with Gasteiger partial charge < -0.3 is 24.6 Å². The Hall–Kier alpha value is -2.58. The minimum Gasteiger partial charge on any atom is -0.497 e. The number of nitrogens with zero attached hydrogens (tertiary/aromatic N) is 2. The Balaban J connectivity index is 0.000000527. The number of hydrogen-bond acceptors (Lipinski definition) is 6. The van der Waals surface area contributed by atoms with Crippen LogP contribution in [-0.4, -0.2) is 85.4 Å². The number of aliphatic carboxylic acids is 2. The first-order valence-electron chi connectivity index (χ1n) is 8.65. The summed E-state index contributed by atoms with van der Waals surface area (Å²) in [6.45, 7) is 10.0. The molecule has 1 heterocycles. The van der Waals surface area contributed by atoms with E-state index in [9.17, 15) is 0 Å². The van der Waals surface area contributed by atoms with Crippen molar-refractivity contribution in [1.82, 2.24) is 9.80 Å². The van der Waals surface area contributed by atoms with Crippen LogP contribution >= 0.6 is 0 Å². The third-order valence-electron chi connectivity index (χ3n) is 4.08. The summed E-state index contributed by atoms with van der Waals surface area (Å²) in [5.41, 5.74) is 1.13. The van der Waals surface area contributed by atoms with Gasteiger partial charge in [0.2, 0.25) is 0 Å². The predicted octanol–water partition coefficient (Wildman–Crippen LogP) is 1.21. The van der Waals surface area contributed by atoms with Crippen molar-refractivity contribution < 1.29 is 29.3 Å². The second kappa shape index (κ2) is 11.9. The molecule has 0 aromatic heterocycles. The van der Waals surface area contributed by atoms with Crippen molar-refractivity contribution in [1.29, 1.82) is 0 Å². The number of hydrogen-bond donors (Lipinski definition) is 2. The fourth-order valence-electron chi connectivity index (χ4n) is 2.49. The zero-order valence-corrected chi connectivity index (χ0v) is 15.9. The standard InChI is InChI=1S/C17H26N2O2.C2H2O4/c1-4-5-15-14-16(20-3)6-7-17(15)21-13-12-19-10-8-18(2)9-11-19;3-1(4)2(5)6/h4,6-7,14H,1,5,8-13H2,2-3H3;(H,3,4)(H,5,6). The molecule has 0 spiro atoms. The molecule has 0 aliphatic carbocycles. The summed E-state index contributed by atoms with van der Waals surface area (Å²) in [4.78, 5) is 23.0. The summed E-state index contributed by atoms with van der Waals surface area (Å²) >= 11 is 0. The predicted molar refractivity (Wildman–Crippen MR) is 102 cm³/mol. The zero-order chi connectivity index (χ0) is 20.2. The van der Waals surface area contributed by atoms with E-state index in [-0.39, 0.29) is 0 Å². The number of rotatable bonds is 7. The van der Waals surface area contributed by atoms with Gasteiger partial charge in [-0.15, -0.1) is 6.58 Å². The highest BCUT2D eigenvalue weighted by molar-refractivity contribution is 6.27. The maximum Gasteiger partial charge on any atom is 0.414 e. The van der Waals surface area contributed by atoms with Crippen molar-refractivity contribution in [3.8, 4) is 11.5 Å². The topological polar surface area (TPSA) is 99.5 Å². The Kier molecular flexibility index (Phi) is 9.92. The van der Waals surface area contributed by atoms with Crippen LogP contribution in [0.5, 0.6) is 11.5 Å². The average Bonchev–Trinajstić information content (AvgIpc) is 2.65. The van der Waals surface area contributed by atoms with Crippen LogP contribution in [0.15, 0.2) is 30.9 Å². The van der Waals surface area contributed by atoms with E-state index in [0.717, 1.165) is 62.8 Å². The maximum atomic E-state index is 9.10. The summed E-state index contributed by atoms with van der Waals surface area (Å²) in [5.74, 6) is -1.85. The van der Waals surface area contributed by atoms with Crippen molar-refractivity contribution in [3.63, 3.8) is 0 Å². The van der Waals surface area contributed by atoms with Gasteiger partial charge in [0.15, 0.2) is 0 Å². The number of ether oxygens (including phenoxy) is 2. The molecule has 0 amide bonds. The lowest BCUT2D eigenvalue weighted by Crippen LogP contribution is -2.45. The van der Waals surface area contributed by atoms with Gasteiger partial charge in [0, 0.05) is 38.3 Å². The number of likely N-dealkylation sites (N-methyl/N-ethyl adjacent to an activating group) is 1. The minimum atomic E-state index is -1.82. The van der Waals surface area contributed by atoms with Crippen LogP contribution < -0.4 is 9.47 Å². The third kappa shape index (κ3) is 8.57. The van der Waals surface area contributed by atoms with E-state index in [1.807, 2.05) is 24.3 Å². The van der Waals surface area contributed by atoms with Crippen molar-refractivity contribution in [2.75, 3.05) is 53.5 Å². The van der Waals surface area contributed by atoms with Gasteiger partial charge in [0.05, 0.1) is 7.11 Å². The molecule has 0 bridgehead atoms. The summed E-state index contributed by atoms with van der Waals surface area (Å²) < 4.78 is 11.2. The Morgan fingerprint density at radius 1 is 1.19 bits per heavy atom. The molecule has 1 fully saturated rings. The SMILES string of the molecule is C=CCc1cc(OC)ccc1OCCN1CCN(C)CC1.O=C(O)C(=O)O. The van der Waals surface area contributed by atoms with Gasteiger partial charge in [-0.25, -0.2) is 9.59 Å². The number of carbonyl (C=O) groups is 2. The first-order valence-corrected chi connectivity index (χ1v) is 8.65. The van der Waals surface area contributed by atoms with Crippen LogP contribution in [0.3, 0.4) is 0 Å². The third-order valence-corrected chi connectivity index (χ3v) is 4.08. The smallest absolute Gasteiger partial charge is 0.414 e. The number of allylic oxidation sites excluding steroid dienone is 1. The normalized spacial score (nSPS) is 14.6. The molecular weight excluding hydrogens is 352 g/mol. The molecule has 0 atom stereocenters. The average molecular weight is 380 g/mol. The molecule has 27 heavy (non-hydrogen) atoms. The van der Waals surface area contributed by atoms with E-state index in [1.165, 1.54) is 0 Å². The molecule has 0 unspecified atom stereocenters. The lowest BCUT2D eigenvalue weighted by atomic mass is 10.1. The number of carboxylic acids is 2. The summed E-state index contributed by atoms with van der Waals surface area (Å²) in [6.07, 6.45) is 2.68. The van der Waals surface area contributed by atoms with Gasteiger partial charge in [0.25, 0.3) is 0 Å². The van der Waals surface area contributed by atoms with Crippen molar-refractivity contribution in [3.05, 3.63) is 36.4 Å². The highest BCUT2D eigenvalue weighted by Gasteiger charge is 2.13. The molecular formula is C19H28N2O6. The van der Waals surface area contributed by atoms with E-state index < -0.39 is 11.9 Å². The lowest BCUT2D eigenvalue weighted by molar-refractivity contribution is -0.159. The molecule has 1 aliphatic rings. The van der Waals surface area contributed by atoms with Crippen molar-refractivity contribution in [2.24, 2.45) is 0 Å². The highest BCUT2D eigenvalue weighted by atomic mass is 16.5. The molecule has 0 radical (unpaired) electrons. The first-order chi connectivity index (χ1) is 12.9. The van der Waals surface area contributed by atoms with E-state index in [1.54, 1.807) is 7.11 Å². The highest BCUT2D eigenvalue weighted by Crippen LogP contribution is 2.25. The van der Waals surface area contributed by atoms with Gasteiger partial charge >= 0.3 is 11.9 Å². The molecule has 1 aromatic carbocycles. The first kappa shape index (κ1) is 22.5. The number of methoxy groups -OCH3 is 1. The maximum absolute atomic E-state index is 9.10. The van der Waals surface area contributed by atoms with E-state index in [2.05, 4.69) is 23.4 Å². The van der Waals surface area contributed by atoms with Crippen molar-refractivity contribution in [2.45, 2.75) is 6.42 Å². The second-order valence-electron chi connectivity index (χ2n) is 6.07. The van der Waals surface area contributed by atoms with E-state index in [4.69, 9.17) is 29.3 Å². The minimum absolute atomic E-state index is 0.722. The summed E-state index contributed by atoms with van der Waals surface area (Å²) in [6, 6.07) is 5.95. The van der Waals surface area contributed by atoms with Crippen LogP contribution in [0.25, 0.3) is 0 Å². The largest absolute Gasteiger partial charge is 0.497 e. The van der Waals surface area contributed by atoms with Crippen LogP contribution in [0, 0.1) is 0 Å². The molecule has 2 N–H and O–H groups in total.